The number of carbonyl (C=O) groups is 3. The first kappa shape index (κ1) is 21.9. The zero-order valence-electron chi connectivity index (χ0n) is 17.3. The molecule has 1 aliphatic heterocycles. The molecule has 3 amide bonds. The first-order valence-electron chi connectivity index (χ1n) is 10.1. The molecule has 2 rings (SSSR count). The second kappa shape index (κ2) is 10.2. The van der Waals surface area contributed by atoms with Crippen LogP contribution < -0.4 is 10.6 Å². The summed E-state index contributed by atoms with van der Waals surface area (Å²) in [7, 11) is 0. The Labute approximate surface area is 168 Å². The minimum absolute atomic E-state index is 0.00211. The van der Waals surface area contributed by atoms with Crippen LogP contribution in [0.3, 0.4) is 0 Å². The second-order valence-corrected chi connectivity index (χ2v) is 8.47. The van der Waals surface area contributed by atoms with Crippen LogP contribution in [0.1, 0.15) is 52.0 Å². The molecule has 1 aromatic rings. The van der Waals surface area contributed by atoms with Gasteiger partial charge in [-0.3, -0.25) is 14.4 Å². The molecule has 0 radical (unpaired) electrons. The molecule has 1 aromatic carbocycles. The first-order valence-corrected chi connectivity index (χ1v) is 10.1. The van der Waals surface area contributed by atoms with Crippen LogP contribution in [0.25, 0.3) is 0 Å². The number of amides is 3. The van der Waals surface area contributed by atoms with Crippen molar-refractivity contribution < 1.29 is 14.4 Å². The van der Waals surface area contributed by atoms with E-state index >= 15 is 0 Å². The van der Waals surface area contributed by atoms with E-state index in [1.54, 1.807) is 0 Å². The number of carbonyl (C=O) groups excluding carboxylic acids is 3. The van der Waals surface area contributed by atoms with Crippen LogP contribution in [-0.2, 0) is 20.9 Å². The zero-order valence-corrected chi connectivity index (χ0v) is 17.3. The summed E-state index contributed by atoms with van der Waals surface area (Å²) in [5.74, 6) is 0.148. The van der Waals surface area contributed by atoms with Crippen LogP contribution in [0.15, 0.2) is 30.3 Å². The van der Waals surface area contributed by atoms with E-state index in [0.29, 0.717) is 51.9 Å². The zero-order chi connectivity index (χ0) is 20.6. The number of nitrogens with zero attached hydrogens (tertiary/aromatic N) is 1. The lowest BCUT2D eigenvalue weighted by atomic mass is 9.95. The van der Waals surface area contributed by atoms with Crippen molar-refractivity contribution >= 4 is 17.7 Å². The molecule has 1 saturated heterocycles. The fourth-order valence-corrected chi connectivity index (χ4v) is 3.19. The van der Waals surface area contributed by atoms with Crippen molar-refractivity contribution in [3.8, 4) is 0 Å². The molecule has 0 bridgehead atoms. The summed E-state index contributed by atoms with van der Waals surface area (Å²) in [5.41, 5.74) is 0.675. The molecule has 1 fully saturated rings. The lowest BCUT2D eigenvalue weighted by Gasteiger charge is -2.31. The Morgan fingerprint density at radius 1 is 1.04 bits per heavy atom. The Bertz CT molecular complexity index is 659. The molecular formula is C22H33N3O3. The average molecular weight is 388 g/mol. The van der Waals surface area contributed by atoms with E-state index in [0.717, 1.165) is 5.56 Å². The number of nitrogens with one attached hydrogen (secondary N) is 2. The van der Waals surface area contributed by atoms with Crippen LogP contribution in [0.2, 0.25) is 0 Å². The maximum atomic E-state index is 12.3. The second-order valence-electron chi connectivity index (χ2n) is 8.47. The standard InChI is InChI=1S/C22H33N3O3/c1-22(2,3)21(28)23-13-7-10-19(26)25-14-11-18(12-15-25)20(27)24-16-17-8-5-4-6-9-17/h4-6,8-9,18H,7,10-16H2,1-3H3,(H,23,28)(H,24,27). The van der Waals surface area contributed by atoms with E-state index in [2.05, 4.69) is 10.6 Å². The molecule has 0 spiro atoms. The lowest BCUT2D eigenvalue weighted by molar-refractivity contribution is -0.135. The van der Waals surface area contributed by atoms with E-state index in [1.807, 2.05) is 56.0 Å². The van der Waals surface area contributed by atoms with Gasteiger partial charge >= 0.3 is 0 Å². The summed E-state index contributed by atoms with van der Waals surface area (Å²) >= 11 is 0. The summed E-state index contributed by atoms with van der Waals surface area (Å²) < 4.78 is 0. The van der Waals surface area contributed by atoms with Crippen molar-refractivity contribution in [1.82, 2.24) is 15.5 Å². The third-order valence-corrected chi connectivity index (χ3v) is 5.06. The smallest absolute Gasteiger partial charge is 0.225 e. The molecule has 0 aromatic heterocycles. The molecule has 6 nitrogen and oxygen atoms in total. The van der Waals surface area contributed by atoms with Gasteiger partial charge in [0.25, 0.3) is 0 Å². The molecule has 6 heteroatoms. The fraction of sp³-hybridized carbons (Fsp3) is 0.591. The van der Waals surface area contributed by atoms with Crippen LogP contribution >= 0.6 is 0 Å². The van der Waals surface area contributed by atoms with E-state index in [-0.39, 0.29) is 23.6 Å². The van der Waals surface area contributed by atoms with Crippen LogP contribution in [0.4, 0.5) is 0 Å². The van der Waals surface area contributed by atoms with E-state index in [4.69, 9.17) is 0 Å². The molecule has 2 N–H and O–H groups in total. The van der Waals surface area contributed by atoms with Gasteiger partial charge in [-0.1, -0.05) is 51.1 Å². The Hall–Kier alpha value is -2.37. The van der Waals surface area contributed by atoms with Crippen molar-refractivity contribution in [3.05, 3.63) is 35.9 Å². The monoisotopic (exact) mass is 387 g/mol. The van der Waals surface area contributed by atoms with Crippen molar-refractivity contribution in [2.45, 2.75) is 53.0 Å². The number of rotatable bonds is 7. The molecule has 1 aliphatic rings. The molecule has 0 unspecified atom stereocenters. The average Bonchev–Trinajstić information content (AvgIpc) is 2.69. The van der Waals surface area contributed by atoms with Gasteiger partial charge in [0.1, 0.15) is 0 Å². The Morgan fingerprint density at radius 3 is 2.29 bits per heavy atom. The van der Waals surface area contributed by atoms with Gasteiger partial charge in [-0.25, -0.2) is 0 Å². The highest BCUT2D eigenvalue weighted by Gasteiger charge is 2.27. The highest BCUT2D eigenvalue weighted by molar-refractivity contribution is 5.81. The molecule has 28 heavy (non-hydrogen) atoms. The van der Waals surface area contributed by atoms with Gasteiger partial charge in [-0.15, -0.1) is 0 Å². The fourth-order valence-electron chi connectivity index (χ4n) is 3.19. The third-order valence-electron chi connectivity index (χ3n) is 5.06. The maximum Gasteiger partial charge on any atom is 0.225 e. The molecule has 1 heterocycles. The van der Waals surface area contributed by atoms with Crippen molar-refractivity contribution in [1.29, 1.82) is 0 Å². The number of hydrogen-bond donors (Lipinski definition) is 2. The molecular weight excluding hydrogens is 354 g/mol. The van der Waals surface area contributed by atoms with Crippen molar-refractivity contribution in [3.63, 3.8) is 0 Å². The minimum Gasteiger partial charge on any atom is -0.356 e. The summed E-state index contributed by atoms with van der Waals surface area (Å²) in [5, 5.41) is 5.86. The Kier molecular flexibility index (Phi) is 8.03. The van der Waals surface area contributed by atoms with E-state index in [9.17, 15) is 14.4 Å². The summed E-state index contributed by atoms with van der Waals surface area (Å²) in [6.07, 6.45) is 2.47. The van der Waals surface area contributed by atoms with Gasteiger partial charge in [-0.2, -0.15) is 0 Å². The quantitative estimate of drug-likeness (QED) is 0.706. The first-order chi connectivity index (χ1) is 13.3. The maximum absolute atomic E-state index is 12.3. The SMILES string of the molecule is CC(C)(C)C(=O)NCCCC(=O)N1CCC(C(=O)NCc2ccccc2)CC1. The number of piperidine rings is 1. The molecule has 0 saturated carbocycles. The molecule has 0 atom stereocenters. The van der Waals surface area contributed by atoms with E-state index in [1.165, 1.54) is 0 Å². The molecule has 0 aliphatic carbocycles. The highest BCUT2D eigenvalue weighted by Crippen LogP contribution is 2.18. The van der Waals surface area contributed by atoms with Crippen LogP contribution in [-0.4, -0.2) is 42.3 Å². The highest BCUT2D eigenvalue weighted by atomic mass is 16.2. The lowest BCUT2D eigenvalue weighted by Crippen LogP contribution is -2.43. The number of hydrogen-bond acceptors (Lipinski definition) is 3. The van der Waals surface area contributed by atoms with Crippen molar-refractivity contribution in [2.75, 3.05) is 19.6 Å². The van der Waals surface area contributed by atoms with Gasteiger partial charge in [0.15, 0.2) is 0 Å². The van der Waals surface area contributed by atoms with Gasteiger partial charge in [0.2, 0.25) is 17.7 Å². The Balaban J connectivity index is 1.63. The summed E-state index contributed by atoms with van der Waals surface area (Å²) in [4.78, 5) is 38.3. The predicted octanol–water partition coefficient (Wildman–Crippen LogP) is 2.48. The van der Waals surface area contributed by atoms with Gasteiger partial charge in [0.05, 0.1) is 0 Å². The number of likely N-dealkylation sites (tertiary alicyclic amines) is 1. The van der Waals surface area contributed by atoms with Crippen LogP contribution in [0, 0.1) is 11.3 Å². The van der Waals surface area contributed by atoms with Gasteiger partial charge in [-0.05, 0) is 24.8 Å². The van der Waals surface area contributed by atoms with Crippen LogP contribution in [0.5, 0.6) is 0 Å². The largest absolute Gasteiger partial charge is 0.356 e. The van der Waals surface area contributed by atoms with E-state index < -0.39 is 5.41 Å². The molecule has 154 valence electrons. The summed E-state index contributed by atoms with van der Waals surface area (Å²) in [6, 6.07) is 9.85. The normalized spacial score (nSPS) is 15.2. The minimum atomic E-state index is -0.410. The van der Waals surface area contributed by atoms with Gasteiger partial charge in [0, 0.05) is 43.9 Å². The summed E-state index contributed by atoms with van der Waals surface area (Å²) in [6.45, 7) is 7.90. The van der Waals surface area contributed by atoms with Crippen molar-refractivity contribution in [2.24, 2.45) is 11.3 Å². The van der Waals surface area contributed by atoms with Gasteiger partial charge < -0.3 is 15.5 Å². The Morgan fingerprint density at radius 2 is 1.68 bits per heavy atom. The topological polar surface area (TPSA) is 78.5 Å². The number of benzene rings is 1. The predicted molar refractivity (Wildman–Crippen MR) is 109 cm³/mol. The third kappa shape index (κ3) is 6.98.